The van der Waals surface area contributed by atoms with Gasteiger partial charge in [-0.1, -0.05) is 35.9 Å². The first-order valence-electron chi connectivity index (χ1n) is 7.64. The van der Waals surface area contributed by atoms with Crippen LogP contribution in [0.3, 0.4) is 0 Å². The van der Waals surface area contributed by atoms with Crippen molar-refractivity contribution in [2.75, 3.05) is 5.32 Å². The molecule has 2 aromatic carbocycles. The van der Waals surface area contributed by atoms with Crippen LogP contribution in [0.2, 0.25) is 5.02 Å². The molecule has 1 aliphatic rings. The topological polar surface area (TPSA) is 41.1 Å². The summed E-state index contributed by atoms with van der Waals surface area (Å²) in [5.41, 5.74) is 2.70. The minimum atomic E-state index is -0.538. The molecule has 0 saturated carbocycles. The maximum Gasteiger partial charge on any atom is 0.241 e. The summed E-state index contributed by atoms with van der Waals surface area (Å²) in [6.45, 7) is 1.78. The second-order valence-electron chi connectivity index (χ2n) is 5.79. The highest BCUT2D eigenvalue weighted by Crippen LogP contribution is 2.31. The molecular formula is C18H18ClFN2O. The Balaban J connectivity index is 1.64. The van der Waals surface area contributed by atoms with Crippen molar-refractivity contribution in [1.82, 2.24) is 5.32 Å². The molecule has 0 radical (unpaired) electrons. The lowest BCUT2D eigenvalue weighted by atomic mass is 10.1. The lowest BCUT2D eigenvalue weighted by molar-refractivity contribution is -0.118. The van der Waals surface area contributed by atoms with Gasteiger partial charge in [-0.2, -0.15) is 0 Å². The predicted molar refractivity (Wildman–Crippen MR) is 90.1 cm³/mol. The molecule has 0 saturated heterocycles. The van der Waals surface area contributed by atoms with Gasteiger partial charge in [-0.05, 0) is 49.1 Å². The summed E-state index contributed by atoms with van der Waals surface area (Å²) in [5, 5.41) is 6.23. The number of hydrogen-bond donors (Lipinski definition) is 2. The zero-order valence-electron chi connectivity index (χ0n) is 12.8. The fourth-order valence-corrected chi connectivity index (χ4v) is 3.10. The van der Waals surface area contributed by atoms with Crippen LogP contribution in [0.15, 0.2) is 42.5 Å². The smallest absolute Gasteiger partial charge is 0.241 e. The van der Waals surface area contributed by atoms with Gasteiger partial charge in [0.05, 0.1) is 11.7 Å². The summed E-state index contributed by atoms with van der Waals surface area (Å²) in [6.07, 6.45) is 1.97. The number of carbonyl (C=O) groups excluding carboxylic acids is 1. The Morgan fingerprint density at radius 1 is 1.30 bits per heavy atom. The van der Waals surface area contributed by atoms with Gasteiger partial charge in [0.1, 0.15) is 5.82 Å². The van der Waals surface area contributed by atoms with E-state index in [1.165, 1.54) is 23.3 Å². The van der Waals surface area contributed by atoms with Crippen molar-refractivity contribution in [3.8, 4) is 0 Å². The molecule has 0 aromatic heterocycles. The van der Waals surface area contributed by atoms with Crippen molar-refractivity contribution in [3.05, 3.63) is 64.4 Å². The number of rotatable bonds is 4. The Morgan fingerprint density at radius 3 is 2.87 bits per heavy atom. The normalized spacial score (nSPS) is 17.6. The van der Waals surface area contributed by atoms with Crippen LogP contribution in [0, 0.1) is 5.82 Å². The van der Waals surface area contributed by atoms with Crippen molar-refractivity contribution in [2.45, 2.75) is 31.8 Å². The first-order valence-corrected chi connectivity index (χ1v) is 8.02. The van der Waals surface area contributed by atoms with Crippen LogP contribution >= 0.6 is 11.6 Å². The predicted octanol–water partition coefficient (Wildman–Crippen LogP) is 4.08. The van der Waals surface area contributed by atoms with Crippen molar-refractivity contribution in [1.29, 1.82) is 0 Å². The Kier molecular flexibility index (Phi) is 4.64. The third-order valence-corrected chi connectivity index (χ3v) is 4.40. The number of benzene rings is 2. The SMILES string of the molecule is C[C@@H](N[C@H]1CCc2ccccc21)C(=O)Nc1ccc(Cl)cc1F. The van der Waals surface area contributed by atoms with E-state index in [2.05, 4.69) is 22.8 Å². The van der Waals surface area contributed by atoms with Gasteiger partial charge in [-0.25, -0.2) is 4.39 Å². The fourth-order valence-electron chi connectivity index (χ4n) is 2.94. The molecule has 0 aliphatic heterocycles. The number of aryl methyl sites for hydroxylation is 1. The number of amides is 1. The first-order chi connectivity index (χ1) is 11.0. The summed E-state index contributed by atoms with van der Waals surface area (Å²) in [4.78, 5) is 12.3. The van der Waals surface area contributed by atoms with Crippen LogP contribution < -0.4 is 10.6 Å². The zero-order valence-corrected chi connectivity index (χ0v) is 13.5. The lowest BCUT2D eigenvalue weighted by Crippen LogP contribution is -2.39. The van der Waals surface area contributed by atoms with E-state index in [9.17, 15) is 9.18 Å². The van der Waals surface area contributed by atoms with Gasteiger partial charge in [0.15, 0.2) is 0 Å². The number of nitrogens with one attached hydrogen (secondary N) is 2. The Hall–Kier alpha value is -1.91. The van der Waals surface area contributed by atoms with Crippen LogP contribution in [-0.2, 0) is 11.2 Å². The summed E-state index contributed by atoms with van der Waals surface area (Å²) < 4.78 is 13.8. The molecule has 3 rings (SSSR count). The molecule has 2 N–H and O–H groups in total. The minimum Gasteiger partial charge on any atom is -0.322 e. The molecular weight excluding hydrogens is 315 g/mol. The number of carbonyl (C=O) groups is 1. The van der Waals surface area contributed by atoms with Crippen LogP contribution in [0.1, 0.15) is 30.5 Å². The van der Waals surface area contributed by atoms with Crippen LogP contribution in [0.5, 0.6) is 0 Å². The highest BCUT2D eigenvalue weighted by Gasteiger charge is 2.25. The molecule has 0 bridgehead atoms. The Labute approximate surface area is 139 Å². The third kappa shape index (κ3) is 3.54. The average molecular weight is 333 g/mol. The molecule has 0 heterocycles. The highest BCUT2D eigenvalue weighted by atomic mass is 35.5. The van der Waals surface area contributed by atoms with Crippen LogP contribution in [0.4, 0.5) is 10.1 Å². The number of fused-ring (bicyclic) bond motifs is 1. The number of anilines is 1. The monoisotopic (exact) mass is 332 g/mol. The van der Waals surface area contributed by atoms with E-state index in [0.29, 0.717) is 5.02 Å². The molecule has 3 nitrogen and oxygen atoms in total. The summed E-state index contributed by atoms with van der Waals surface area (Å²) in [6, 6.07) is 12.2. The molecule has 1 aliphatic carbocycles. The van der Waals surface area contributed by atoms with E-state index in [1.54, 1.807) is 13.0 Å². The number of hydrogen-bond acceptors (Lipinski definition) is 2. The zero-order chi connectivity index (χ0) is 16.4. The molecule has 0 spiro atoms. The van der Waals surface area contributed by atoms with E-state index in [4.69, 9.17) is 11.6 Å². The maximum absolute atomic E-state index is 13.8. The minimum absolute atomic E-state index is 0.139. The molecule has 0 unspecified atom stereocenters. The first kappa shape index (κ1) is 16.0. The molecule has 5 heteroatoms. The van der Waals surface area contributed by atoms with Crippen molar-refractivity contribution < 1.29 is 9.18 Å². The number of halogens is 2. The molecule has 2 aromatic rings. The molecule has 1 amide bonds. The van der Waals surface area contributed by atoms with E-state index in [-0.39, 0.29) is 17.6 Å². The van der Waals surface area contributed by atoms with Crippen molar-refractivity contribution in [2.24, 2.45) is 0 Å². The highest BCUT2D eigenvalue weighted by molar-refractivity contribution is 6.30. The van der Waals surface area contributed by atoms with E-state index in [0.717, 1.165) is 12.8 Å². The Bertz CT molecular complexity index is 735. The molecule has 120 valence electrons. The summed E-state index contributed by atoms with van der Waals surface area (Å²) in [5.74, 6) is -0.806. The lowest BCUT2D eigenvalue weighted by Gasteiger charge is -2.20. The molecule has 0 fully saturated rings. The van der Waals surface area contributed by atoms with E-state index in [1.807, 2.05) is 12.1 Å². The summed E-state index contributed by atoms with van der Waals surface area (Å²) in [7, 11) is 0. The van der Waals surface area contributed by atoms with Gasteiger partial charge >= 0.3 is 0 Å². The van der Waals surface area contributed by atoms with E-state index >= 15 is 0 Å². The standard InChI is InChI=1S/C18H18ClFN2O/c1-11(18(23)22-17-9-7-13(19)10-15(17)20)21-16-8-6-12-4-2-3-5-14(12)16/h2-5,7,9-11,16,21H,6,8H2,1H3,(H,22,23)/t11-,16+/m1/s1. The van der Waals surface area contributed by atoms with Gasteiger partial charge in [0.25, 0.3) is 0 Å². The van der Waals surface area contributed by atoms with Crippen molar-refractivity contribution >= 4 is 23.2 Å². The van der Waals surface area contributed by atoms with Crippen molar-refractivity contribution in [3.63, 3.8) is 0 Å². The largest absolute Gasteiger partial charge is 0.322 e. The van der Waals surface area contributed by atoms with Gasteiger partial charge in [0, 0.05) is 11.1 Å². The van der Waals surface area contributed by atoms with Gasteiger partial charge in [-0.15, -0.1) is 0 Å². The average Bonchev–Trinajstić information content (AvgIpc) is 2.93. The second-order valence-corrected chi connectivity index (χ2v) is 6.23. The van der Waals surface area contributed by atoms with E-state index < -0.39 is 11.9 Å². The molecule has 2 atom stereocenters. The maximum atomic E-state index is 13.8. The van der Waals surface area contributed by atoms with Gasteiger partial charge < -0.3 is 5.32 Å². The van der Waals surface area contributed by atoms with Gasteiger partial charge in [0.2, 0.25) is 5.91 Å². The fraction of sp³-hybridized carbons (Fsp3) is 0.278. The van der Waals surface area contributed by atoms with Crippen LogP contribution in [-0.4, -0.2) is 11.9 Å². The summed E-state index contributed by atoms with van der Waals surface area (Å²) >= 11 is 5.71. The quantitative estimate of drug-likeness (QED) is 0.885. The van der Waals surface area contributed by atoms with Crippen LogP contribution in [0.25, 0.3) is 0 Å². The van der Waals surface area contributed by atoms with Gasteiger partial charge in [-0.3, -0.25) is 10.1 Å². The third-order valence-electron chi connectivity index (χ3n) is 4.17. The Morgan fingerprint density at radius 2 is 2.09 bits per heavy atom. The second kappa shape index (κ2) is 6.69. The molecule has 23 heavy (non-hydrogen) atoms.